The monoisotopic (exact) mass is 335 g/mol. The van der Waals surface area contributed by atoms with Crippen molar-refractivity contribution in [2.24, 2.45) is 0 Å². The fourth-order valence-corrected chi connectivity index (χ4v) is 3.26. The highest BCUT2D eigenvalue weighted by Crippen LogP contribution is 2.44. The van der Waals surface area contributed by atoms with E-state index in [9.17, 15) is 4.79 Å². The molecule has 2 aromatic carbocycles. The average Bonchev–Trinajstić information content (AvgIpc) is 2.88. The molecule has 1 atom stereocenters. The molecule has 1 heterocycles. The molecule has 0 aliphatic carbocycles. The molecule has 0 spiro atoms. The van der Waals surface area contributed by atoms with Crippen LogP contribution in [0.1, 0.15) is 12.5 Å². The molecule has 1 aliphatic heterocycles. The zero-order chi connectivity index (χ0) is 15.7. The molecule has 1 aliphatic rings. The van der Waals surface area contributed by atoms with Crippen molar-refractivity contribution in [3.8, 4) is 16.9 Å². The number of para-hydroxylation sites is 1. The van der Waals surface area contributed by atoms with Crippen molar-refractivity contribution in [3.05, 3.63) is 52.0 Å². The Balaban J connectivity index is 1.95. The highest BCUT2D eigenvalue weighted by molar-refractivity contribution is 6.39. The second-order valence-electron chi connectivity index (χ2n) is 5.27. The van der Waals surface area contributed by atoms with Gasteiger partial charge in [0, 0.05) is 24.5 Å². The van der Waals surface area contributed by atoms with Gasteiger partial charge in [-0.05, 0) is 17.7 Å². The van der Waals surface area contributed by atoms with Gasteiger partial charge in [0.1, 0.15) is 11.9 Å². The number of benzene rings is 2. The van der Waals surface area contributed by atoms with Crippen LogP contribution in [0.25, 0.3) is 11.1 Å². The summed E-state index contributed by atoms with van der Waals surface area (Å²) in [6, 6.07) is 11.4. The molecule has 0 aromatic heterocycles. The number of carbonyl (C=O) groups is 1. The van der Waals surface area contributed by atoms with Crippen LogP contribution in [0, 0.1) is 0 Å². The standard InChI is InChI=1S/C17H15Cl2NO2/c1-10(21)20-9-12-8-11-4-2-5-13(17(11)22-12)16-14(18)6-3-7-15(16)19/h2-7,12H,8-9H2,1H3,(H,20,21). The number of halogens is 2. The fourth-order valence-electron chi connectivity index (χ4n) is 2.66. The summed E-state index contributed by atoms with van der Waals surface area (Å²) in [6.45, 7) is 1.98. The number of ether oxygens (including phenoxy) is 1. The summed E-state index contributed by atoms with van der Waals surface area (Å²) in [5.41, 5.74) is 2.77. The van der Waals surface area contributed by atoms with Crippen LogP contribution in [0.5, 0.6) is 5.75 Å². The van der Waals surface area contributed by atoms with Crippen molar-refractivity contribution in [2.75, 3.05) is 6.54 Å². The van der Waals surface area contributed by atoms with Gasteiger partial charge < -0.3 is 10.1 Å². The van der Waals surface area contributed by atoms with Gasteiger partial charge in [-0.25, -0.2) is 0 Å². The van der Waals surface area contributed by atoms with Crippen LogP contribution in [-0.4, -0.2) is 18.6 Å². The molecule has 1 unspecified atom stereocenters. The van der Waals surface area contributed by atoms with Gasteiger partial charge in [0.05, 0.1) is 16.6 Å². The zero-order valence-electron chi connectivity index (χ0n) is 12.0. The first-order valence-corrected chi connectivity index (χ1v) is 7.79. The van der Waals surface area contributed by atoms with E-state index in [1.807, 2.05) is 36.4 Å². The molecule has 1 N–H and O–H groups in total. The third-order valence-corrected chi connectivity index (χ3v) is 4.27. The quantitative estimate of drug-likeness (QED) is 0.916. The van der Waals surface area contributed by atoms with Gasteiger partial charge in [0.25, 0.3) is 0 Å². The lowest BCUT2D eigenvalue weighted by Gasteiger charge is -2.14. The molecule has 1 amide bonds. The lowest BCUT2D eigenvalue weighted by Crippen LogP contribution is -2.32. The minimum absolute atomic E-state index is 0.0612. The second kappa shape index (κ2) is 6.19. The molecule has 0 bridgehead atoms. The van der Waals surface area contributed by atoms with Gasteiger partial charge in [-0.15, -0.1) is 0 Å². The summed E-state index contributed by atoms with van der Waals surface area (Å²) in [4.78, 5) is 11.0. The summed E-state index contributed by atoms with van der Waals surface area (Å²) in [7, 11) is 0. The van der Waals surface area contributed by atoms with Crippen molar-refractivity contribution in [2.45, 2.75) is 19.4 Å². The molecule has 3 rings (SSSR count). The van der Waals surface area contributed by atoms with Gasteiger partial charge >= 0.3 is 0 Å². The number of fused-ring (bicyclic) bond motifs is 1. The molecule has 0 radical (unpaired) electrons. The van der Waals surface area contributed by atoms with Crippen LogP contribution in [0.4, 0.5) is 0 Å². The van der Waals surface area contributed by atoms with E-state index in [4.69, 9.17) is 27.9 Å². The van der Waals surface area contributed by atoms with Gasteiger partial charge in [0.2, 0.25) is 5.91 Å². The van der Waals surface area contributed by atoms with Crippen LogP contribution in [0.2, 0.25) is 10.0 Å². The number of rotatable bonds is 3. The predicted molar refractivity (Wildman–Crippen MR) is 88.7 cm³/mol. The lowest BCUT2D eigenvalue weighted by molar-refractivity contribution is -0.119. The van der Waals surface area contributed by atoms with Crippen molar-refractivity contribution >= 4 is 29.1 Å². The Morgan fingerprint density at radius 1 is 1.23 bits per heavy atom. The van der Waals surface area contributed by atoms with E-state index in [1.54, 1.807) is 0 Å². The molecular weight excluding hydrogens is 321 g/mol. The molecule has 114 valence electrons. The number of hydrogen-bond acceptors (Lipinski definition) is 2. The Hall–Kier alpha value is -1.71. The molecule has 2 aromatic rings. The Bertz CT molecular complexity index is 710. The Morgan fingerprint density at radius 2 is 1.91 bits per heavy atom. The maximum absolute atomic E-state index is 11.0. The van der Waals surface area contributed by atoms with Crippen molar-refractivity contribution in [3.63, 3.8) is 0 Å². The fraction of sp³-hybridized carbons (Fsp3) is 0.235. The van der Waals surface area contributed by atoms with Crippen molar-refractivity contribution in [1.82, 2.24) is 5.32 Å². The number of hydrogen-bond donors (Lipinski definition) is 1. The van der Waals surface area contributed by atoms with E-state index in [0.29, 0.717) is 16.6 Å². The third kappa shape index (κ3) is 2.92. The predicted octanol–water partition coefficient (Wildman–Crippen LogP) is 4.10. The van der Waals surface area contributed by atoms with Gasteiger partial charge in [-0.2, -0.15) is 0 Å². The summed E-state index contributed by atoms with van der Waals surface area (Å²) < 4.78 is 6.02. The van der Waals surface area contributed by atoms with Crippen LogP contribution in [0.3, 0.4) is 0 Å². The molecule has 5 heteroatoms. The molecule has 0 saturated heterocycles. The Labute approximate surface area is 139 Å². The second-order valence-corrected chi connectivity index (χ2v) is 6.09. The molecule has 0 fully saturated rings. The van der Waals surface area contributed by atoms with Crippen LogP contribution < -0.4 is 10.1 Å². The number of nitrogens with one attached hydrogen (secondary N) is 1. The van der Waals surface area contributed by atoms with E-state index < -0.39 is 0 Å². The normalized spacial score (nSPS) is 16.0. The average molecular weight is 336 g/mol. The van der Waals surface area contributed by atoms with E-state index in [2.05, 4.69) is 5.32 Å². The Kier molecular flexibility index (Phi) is 4.27. The first-order chi connectivity index (χ1) is 10.6. The number of amides is 1. The minimum atomic E-state index is -0.0682. The van der Waals surface area contributed by atoms with E-state index >= 15 is 0 Å². The maximum Gasteiger partial charge on any atom is 0.217 e. The first-order valence-electron chi connectivity index (χ1n) is 7.03. The topological polar surface area (TPSA) is 38.3 Å². The van der Waals surface area contributed by atoms with Crippen LogP contribution >= 0.6 is 23.2 Å². The summed E-state index contributed by atoms with van der Waals surface area (Å²) in [5, 5.41) is 3.97. The zero-order valence-corrected chi connectivity index (χ0v) is 13.5. The summed E-state index contributed by atoms with van der Waals surface area (Å²) >= 11 is 12.6. The van der Waals surface area contributed by atoms with Crippen molar-refractivity contribution in [1.29, 1.82) is 0 Å². The highest BCUT2D eigenvalue weighted by Gasteiger charge is 2.27. The minimum Gasteiger partial charge on any atom is -0.487 e. The van der Waals surface area contributed by atoms with Crippen LogP contribution in [-0.2, 0) is 11.2 Å². The van der Waals surface area contributed by atoms with Gasteiger partial charge in [0.15, 0.2) is 0 Å². The Morgan fingerprint density at radius 3 is 2.59 bits per heavy atom. The van der Waals surface area contributed by atoms with Crippen LogP contribution in [0.15, 0.2) is 36.4 Å². The molecule has 3 nitrogen and oxygen atoms in total. The van der Waals surface area contributed by atoms with Crippen molar-refractivity contribution < 1.29 is 9.53 Å². The molecule has 0 saturated carbocycles. The lowest BCUT2D eigenvalue weighted by atomic mass is 10.0. The van der Waals surface area contributed by atoms with Gasteiger partial charge in [-0.3, -0.25) is 4.79 Å². The van der Waals surface area contributed by atoms with E-state index in [1.165, 1.54) is 6.92 Å². The smallest absolute Gasteiger partial charge is 0.217 e. The molecule has 22 heavy (non-hydrogen) atoms. The highest BCUT2D eigenvalue weighted by atomic mass is 35.5. The largest absolute Gasteiger partial charge is 0.487 e. The summed E-state index contributed by atoms with van der Waals surface area (Å²) in [6.07, 6.45) is 0.687. The van der Waals surface area contributed by atoms with Gasteiger partial charge in [-0.1, -0.05) is 47.5 Å². The number of carbonyl (C=O) groups excluding carboxylic acids is 1. The first kappa shape index (κ1) is 15.2. The SMILES string of the molecule is CC(=O)NCC1Cc2cccc(-c3c(Cl)cccc3Cl)c2O1. The summed E-state index contributed by atoms with van der Waals surface area (Å²) in [5.74, 6) is 0.738. The van der Waals surface area contributed by atoms with E-state index in [-0.39, 0.29) is 12.0 Å². The maximum atomic E-state index is 11.0. The van der Waals surface area contributed by atoms with E-state index in [0.717, 1.165) is 28.9 Å². The third-order valence-electron chi connectivity index (χ3n) is 3.64. The molecular formula is C17H15Cl2NO2.